The number of carbonyl (C=O) groups is 3. The van der Waals surface area contributed by atoms with E-state index in [9.17, 15) is 14.4 Å². The van der Waals surface area contributed by atoms with Crippen LogP contribution in [0.15, 0.2) is 85.1 Å². The summed E-state index contributed by atoms with van der Waals surface area (Å²) in [6, 6.07) is 23.8. The molecule has 3 heterocycles. The number of hydrogen-bond donors (Lipinski definition) is 3. The van der Waals surface area contributed by atoms with Gasteiger partial charge >= 0.3 is 6.09 Å². The molecule has 3 amide bonds. The maximum absolute atomic E-state index is 13.8. The van der Waals surface area contributed by atoms with Crippen LogP contribution in [0.3, 0.4) is 0 Å². The fourth-order valence-corrected chi connectivity index (χ4v) is 5.96. The number of H-pyrrole nitrogens is 1. The monoisotopic (exact) mass is 632 g/mol. The number of para-hydroxylation sites is 1. The Balaban J connectivity index is 1.21. The topological polar surface area (TPSA) is 129 Å². The van der Waals surface area contributed by atoms with Crippen LogP contribution in [0.5, 0.6) is 0 Å². The van der Waals surface area contributed by atoms with Gasteiger partial charge in [0.2, 0.25) is 5.91 Å². The molecule has 10 heteroatoms. The van der Waals surface area contributed by atoms with Gasteiger partial charge in [-0.2, -0.15) is 0 Å². The van der Waals surface area contributed by atoms with E-state index in [4.69, 9.17) is 9.72 Å². The Hall–Kier alpha value is -5.25. The lowest BCUT2D eigenvalue weighted by Gasteiger charge is -2.37. The molecule has 1 unspecified atom stereocenters. The van der Waals surface area contributed by atoms with Crippen LogP contribution in [0, 0.1) is 0 Å². The molecule has 1 fully saturated rings. The van der Waals surface area contributed by atoms with Gasteiger partial charge in [-0.1, -0.05) is 60.7 Å². The molecule has 1 saturated heterocycles. The number of fused-ring (bicyclic) bond motifs is 2. The Bertz CT molecular complexity index is 1900. The van der Waals surface area contributed by atoms with Crippen LogP contribution in [-0.4, -0.2) is 68.5 Å². The molecule has 6 rings (SSSR count). The van der Waals surface area contributed by atoms with E-state index >= 15 is 0 Å². The highest BCUT2D eigenvalue weighted by Gasteiger charge is 2.32. The molecule has 0 radical (unpaired) electrons. The summed E-state index contributed by atoms with van der Waals surface area (Å²) >= 11 is 0. The zero-order valence-electron chi connectivity index (χ0n) is 27.0. The first-order chi connectivity index (χ1) is 22.6. The van der Waals surface area contributed by atoms with Crippen molar-refractivity contribution in [3.8, 4) is 11.5 Å². The molecule has 2 aromatic heterocycles. The van der Waals surface area contributed by atoms with Crippen molar-refractivity contribution in [3.05, 3.63) is 96.2 Å². The molecule has 242 valence electrons. The summed E-state index contributed by atoms with van der Waals surface area (Å²) in [4.78, 5) is 54.8. The second-order valence-electron chi connectivity index (χ2n) is 13.0. The summed E-state index contributed by atoms with van der Waals surface area (Å²) in [6.45, 7) is 6.35. The molecule has 1 aliphatic rings. The molecule has 1 aliphatic heterocycles. The molecule has 0 bridgehead atoms. The Labute approximate surface area is 273 Å². The van der Waals surface area contributed by atoms with Gasteiger partial charge in [0.15, 0.2) is 5.82 Å². The highest BCUT2D eigenvalue weighted by molar-refractivity contribution is 6.06. The quantitative estimate of drug-likeness (QED) is 0.192. The average molecular weight is 633 g/mol. The van der Waals surface area contributed by atoms with Crippen LogP contribution in [0.2, 0.25) is 0 Å². The maximum Gasteiger partial charge on any atom is 0.410 e. The van der Waals surface area contributed by atoms with E-state index in [1.807, 2.05) is 87.5 Å². The second kappa shape index (κ2) is 13.6. The third-order valence-corrected chi connectivity index (χ3v) is 8.30. The predicted molar refractivity (Wildman–Crippen MR) is 182 cm³/mol. The second-order valence-corrected chi connectivity index (χ2v) is 13.0. The van der Waals surface area contributed by atoms with E-state index in [0.29, 0.717) is 41.1 Å². The van der Waals surface area contributed by atoms with Crippen molar-refractivity contribution >= 4 is 39.7 Å². The van der Waals surface area contributed by atoms with Gasteiger partial charge in [0.1, 0.15) is 22.9 Å². The van der Waals surface area contributed by atoms with E-state index < -0.39 is 17.6 Å². The fraction of sp³-hybridized carbons (Fsp3) is 0.324. The molecule has 3 aromatic carbocycles. The van der Waals surface area contributed by atoms with Crippen molar-refractivity contribution in [2.45, 2.75) is 64.1 Å². The number of ether oxygens (including phenoxy) is 1. The average Bonchev–Trinajstić information content (AvgIpc) is 3.51. The molecular formula is C37H40N6O4. The number of nitrogens with one attached hydrogen (secondary N) is 3. The van der Waals surface area contributed by atoms with Gasteiger partial charge < -0.3 is 25.3 Å². The van der Waals surface area contributed by atoms with E-state index in [1.165, 1.54) is 0 Å². The van der Waals surface area contributed by atoms with Gasteiger partial charge in [0.25, 0.3) is 5.91 Å². The van der Waals surface area contributed by atoms with Crippen LogP contribution < -0.4 is 10.6 Å². The van der Waals surface area contributed by atoms with Crippen molar-refractivity contribution in [1.29, 1.82) is 0 Å². The van der Waals surface area contributed by atoms with Crippen molar-refractivity contribution in [2.75, 3.05) is 13.1 Å². The van der Waals surface area contributed by atoms with E-state index in [2.05, 4.69) is 20.6 Å². The van der Waals surface area contributed by atoms with Gasteiger partial charge in [0, 0.05) is 31.1 Å². The number of hydrogen-bond acceptors (Lipinski definition) is 6. The largest absolute Gasteiger partial charge is 0.444 e. The first kappa shape index (κ1) is 31.7. The molecule has 0 saturated carbocycles. The number of carbonyl (C=O) groups excluding carboxylic acids is 3. The lowest BCUT2D eigenvalue weighted by molar-refractivity contribution is -0.123. The van der Waals surface area contributed by atoms with Gasteiger partial charge in [-0.05, 0) is 69.2 Å². The SMILES string of the molecule is CC(C)(C)OC(=O)N1CCCCC1CNC(=O)[C@H](Cc1ccccc1)NC(=O)c1cccc2[nH]c(-c3cc4ccccc4cn3)nc12. The molecule has 5 aromatic rings. The number of aromatic nitrogens is 3. The third-order valence-electron chi connectivity index (χ3n) is 8.30. The number of benzene rings is 3. The number of imidazole rings is 1. The minimum absolute atomic E-state index is 0.199. The number of pyridine rings is 1. The van der Waals surface area contributed by atoms with Gasteiger partial charge in [-0.3, -0.25) is 14.6 Å². The van der Waals surface area contributed by atoms with Crippen LogP contribution in [0.25, 0.3) is 33.3 Å². The zero-order valence-corrected chi connectivity index (χ0v) is 27.0. The molecular weight excluding hydrogens is 592 g/mol. The van der Waals surface area contributed by atoms with Gasteiger partial charge in [-0.15, -0.1) is 0 Å². The molecule has 0 spiro atoms. The van der Waals surface area contributed by atoms with Crippen molar-refractivity contribution in [3.63, 3.8) is 0 Å². The zero-order chi connectivity index (χ0) is 33.0. The Kier molecular flexibility index (Phi) is 9.19. The number of amides is 3. The van der Waals surface area contributed by atoms with Crippen LogP contribution in [0.4, 0.5) is 4.79 Å². The molecule has 10 nitrogen and oxygen atoms in total. The Morgan fingerprint density at radius 3 is 2.53 bits per heavy atom. The maximum atomic E-state index is 13.8. The number of piperidine rings is 1. The first-order valence-corrected chi connectivity index (χ1v) is 16.1. The summed E-state index contributed by atoms with van der Waals surface area (Å²) in [5, 5.41) is 8.05. The minimum Gasteiger partial charge on any atom is -0.444 e. The smallest absolute Gasteiger partial charge is 0.410 e. The summed E-state index contributed by atoms with van der Waals surface area (Å²) in [5.74, 6) is -0.192. The first-order valence-electron chi connectivity index (χ1n) is 16.1. The summed E-state index contributed by atoms with van der Waals surface area (Å²) < 4.78 is 5.63. The number of aromatic amines is 1. The molecule has 2 atom stereocenters. The van der Waals surface area contributed by atoms with E-state index in [-0.39, 0.29) is 24.6 Å². The van der Waals surface area contributed by atoms with E-state index in [1.54, 1.807) is 23.2 Å². The van der Waals surface area contributed by atoms with Gasteiger partial charge in [-0.25, -0.2) is 9.78 Å². The standard InChI is InChI=1S/C37H40N6O4/c1-37(2,3)47-36(46)43-19-10-9-16-27(43)23-39-35(45)31(20-24-12-5-4-6-13-24)41-34(44)28-17-11-18-29-32(28)42-33(40-29)30-21-25-14-7-8-15-26(25)22-38-30/h4-8,11-15,17-18,21-22,27,31H,9-10,16,19-20,23H2,1-3H3,(H,39,45)(H,40,42)(H,41,44)/t27?,31-/m0/s1. The predicted octanol–water partition coefficient (Wildman–Crippen LogP) is 6.03. The highest BCUT2D eigenvalue weighted by Crippen LogP contribution is 2.25. The number of nitrogens with zero attached hydrogens (tertiary/aromatic N) is 3. The van der Waals surface area contributed by atoms with Crippen molar-refractivity contribution < 1.29 is 19.1 Å². The highest BCUT2D eigenvalue weighted by atomic mass is 16.6. The summed E-state index contributed by atoms with van der Waals surface area (Å²) in [5.41, 5.74) is 2.48. The molecule has 47 heavy (non-hydrogen) atoms. The minimum atomic E-state index is -0.862. The van der Waals surface area contributed by atoms with Crippen LogP contribution in [-0.2, 0) is 16.0 Å². The lowest BCUT2D eigenvalue weighted by Crippen LogP contribution is -2.54. The Morgan fingerprint density at radius 2 is 1.74 bits per heavy atom. The number of rotatable bonds is 8. The van der Waals surface area contributed by atoms with Crippen molar-refractivity contribution in [2.24, 2.45) is 0 Å². The number of likely N-dealkylation sites (tertiary alicyclic amines) is 1. The fourth-order valence-electron chi connectivity index (χ4n) is 5.96. The normalized spacial score (nSPS) is 15.7. The lowest BCUT2D eigenvalue weighted by atomic mass is 10.0. The van der Waals surface area contributed by atoms with Crippen LogP contribution >= 0.6 is 0 Å². The third kappa shape index (κ3) is 7.60. The molecule has 3 N–H and O–H groups in total. The summed E-state index contributed by atoms with van der Waals surface area (Å²) in [7, 11) is 0. The van der Waals surface area contributed by atoms with Gasteiger partial charge in [0.05, 0.1) is 17.1 Å². The van der Waals surface area contributed by atoms with Crippen molar-refractivity contribution in [1.82, 2.24) is 30.5 Å². The molecule has 0 aliphatic carbocycles. The summed E-state index contributed by atoms with van der Waals surface area (Å²) in [6.07, 6.45) is 4.31. The Morgan fingerprint density at radius 1 is 0.979 bits per heavy atom. The van der Waals surface area contributed by atoms with E-state index in [0.717, 1.165) is 35.6 Å². The van der Waals surface area contributed by atoms with Crippen LogP contribution in [0.1, 0.15) is 56.0 Å².